The van der Waals surface area contributed by atoms with E-state index in [1.807, 2.05) is 48.5 Å². The van der Waals surface area contributed by atoms with Crippen molar-refractivity contribution in [2.75, 3.05) is 70.6 Å². The smallest absolute Gasteiger partial charge is 0.325 e. The number of methoxy groups -OCH3 is 1. The van der Waals surface area contributed by atoms with Crippen LogP contribution in [0.4, 0.5) is 15.6 Å². The Morgan fingerprint density at radius 2 is 1.51 bits per heavy atom. The average Bonchev–Trinajstić information content (AvgIpc) is 3.38. The Bertz CT molecular complexity index is 1110. The summed E-state index contributed by atoms with van der Waals surface area (Å²) in [7, 11) is 1.64. The van der Waals surface area contributed by atoms with Gasteiger partial charge in [0.25, 0.3) is 0 Å². The molecule has 1 heterocycles. The fourth-order valence-corrected chi connectivity index (χ4v) is 4.20. The van der Waals surface area contributed by atoms with E-state index in [9.17, 15) is 4.79 Å². The summed E-state index contributed by atoms with van der Waals surface area (Å²) in [6, 6.07) is 15.0. The Morgan fingerprint density at radius 1 is 0.846 bits per heavy atom. The van der Waals surface area contributed by atoms with Crippen molar-refractivity contribution in [3.63, 3.8) is 0 Å². The summed E-state index contributed by atoms with van der Waals surface area (Å²) in [4.78, 5) is 12.4. The highest BCUT2D eigenvalue weighted by atomic mass is 32.1. The molecule has 2 amide bonds. The Kier molecular flexibility index (Phi) is 13.7. The molecule has 0 radical (unpaired) electrons. The van der Waals surface area contributed by atoms with Gasteiger partial charge in [-0.3, -0.25) is 5.32 Å². The van der Waals surface area contributed by atoms with Crippen LogP contribution in [0.2, 0.25) is 0 Å². The Morgan fingerprint density at radius 3 is 2.18 bits per heavy atom. The van der Waals surface area contributed by atoms with Crippen LogP contribution in [0.5, 0.6) is 5.75 Å². The average molecular weight is 559 g/mol. The maximum atomic E-state index is 12.4. The normalized spacial score (nSPS) is 11.1. The molecule has 0 bridgehead atoms. The molecule has 212 valence electrons. The second kappa shape index (κ2) is 17.5. The van der Waals surface area contributed by atoms with Gasteiger partial charge < -0.3 is 29.0 Å². The first-order chi connectivity index (χ1) is 19.0. The summed E-state index contributed by atoms with van der Waals surface area (Å²) in [5.74, 6) is 1.28. The molecule has 2 aromatic carbocycles. The van der Waals surface area contributed by atoms with Crippen molar-refractivity contribution in [3.05, 3.63) is 54.1 Å². The van der Waals surface area contributed by atoms with Crippen LogP contribution in [-0.2, 0) is 25.4 Å². The molecule has 0 unspecified atom stereocenters. The summed E-state index contributed by atoms with van der Waals surface area (Å²) >= 11 is 1.29. The lowest BCUT2D eigenvalue weighted by Gasteiger charge is -2.09. The van der Waals surface area contributed by atoms with Crippen LogP contribution in [0.25, 0.3) is 10.6 Å². The monoisotopic (exact) mass is 558 g/mol. The summed E-state index contributed by atoms with van der Waals surface area (Å²) in [5, 5.41) is 15.0. The van der Waals surface area contributed by atoms with E-state index in [2.05, 4.69) is 34.7 Å². The summed E-state index contributed by atoms with van der Waals surface area (Å²) in [6.45, 7) is 8.41. The van der Waals surface area contributed by atoms with Crippen molar-refractivity contribution in [3.8, 4) is 16.3 Å². The summed E-state index contributed by atoms with van der Waals surface area (Å²) < 4.78 is 27.0. The largest absolute Gasteiger partial charge is 0.491 e. The zero-order chi connectivity index (χ0) is 27.7. The number of urea groups is 1. The zero-order valence-corrected chi connectivity index (χ0v) is 23.6. The van der Waals surface area contributed by atoms with Gasteiger partial charge in [-0.1, -0.05) is 49.4 Å². The van der Waals surface area contributed by atoms with Crippen LogP contribution < -0.4 is 15.4 Å². The van der Waals surface area contributed by atoms with Crippen LogP contribution in [0.3, 0.4) is 0 Å². The van der Waals surface area contributed by atoms with Gasteiger partial charge in [0, 0.05) is 18.4 Å². The minimum Gasteiger partial charge on any atom is -0.491 e. The summed E-state index contributed by atoms with van der Waals surface area (Å²) in [5.41, 5.74) is 2.81. The fourth-order valence-electron chi connectivity index (χ4n) is 3.47. The number of aromatic nitrogens is 2. The van der Waals surface area contributed by atoms with Crippen molar-refractivity contribution >= 4 is 28.2 Å². The Balaban J connectivity index is 1.35. The van der Waals surface area contributed by atoms with Gasteiger partial charge >= 0.3 is 6.03 Å². The molecule has 0 fully saturated rings. The van der Waals surface area contributed by atoms with Crippen molar-refractivity contribution < 1.29 is 28.5 Å². The molecule has 3 rings (SSSR count). The van der Waals surface area contributed by atoms with Gasteiger partial charge in [-0.05, 0) is 42.2 Å². The third-order valence-electron chi connectivity index (χ3n) is 5.25. The molecule has 11 heteroatoms. The molecule has 10 nitrogen and oxygen atoms in total. The minimum atomic E-state index is -0.368. The number of benzene rings is 2. The number of nitrogens with one attached hydrogen (secondary N) is 2. The molecule has 0 atom stereocenters. The molecule has 0 saturated carbocycles. The van der Waals surface area contributed by atoms with Gasteiger partial charge in [0.1, 0.15) is 17.4 Å². The second-order valence-electron chi connectivity index (χ2n) is 8.99. The highest BCUT2D eigenvalue weighted by Crippen LogP contribution is 2.29. The predicted octanol–water partition coefficient (Wildman–Crippen LogP) is 5.12. The molecule has 0 aliphatic heterocycles. The third kappa shape index (κ3) is 12.1. The highest BCUT2D eigenvalue weighted by Gasteiger charge is 2.11. The minimum absolute atomic E-state index is 0.368. The van der Waals surface area contributed by atoms with E-state index < -0.39 is 0 Å². The van der Waals surface area contributed by atoms with Crippen LogP contribution in [0.1, 0.15) is 19.4 Å². The topological polar surface area (TPSA) is 113 Å². The van der Waals surface area contributed by atoms with Crippen molar-refractivity contribution in [1.29, 1.82) is 0 Å². The van der Waals surface area contributed by atoms with Crippen LogP contribution in [0.15, 0.2) is 48.5 Å². The molecule has 39 heavy (non-hydrogen) atoms. The first kappa shape index (κ1) is 30.5. The summed E-state index contributed by atoms with van der Waals surface area (Å²) in [6.07, 6.45) is 1.00. The molecule has 0 aliphatic rings. The number of rotatable bonds is 18. The quantitative estimate of drug-likeness (QED) is 0.207. The number of ether oxygens (including phenoxy) is 5. The third-order valence-corrected chi connectivity index (χ3v) is 6.14. The predicted molar refractivity (Wildman–Crippen MR) is 153 cm³/mol. The van der Waals surface area contributed by atoms with E-state index in [4.69, 9.17) is 23.7 Å². The van der Waals surface area contributed by atoms with Crippen LogP contribution in [-0.4, -0.2) is 76.2 Å². The van der Waals surface area contributed by atoms with Gasteiger partial charge in [0.15, 0.2) is 0 Å². The maximum absolute atomic E-state index is 12.4. The van der Waals surface area contributed by atoms with E-state index in [0.717, 1.165) is 17.7 Å². The van der Waals surface area contributed by atoms with Crippen molar-refractivity contribution in [1.82, 2.24) is 10.2 Å². The molecule has 0 saturated heterocycles. The molecular formula is C28H38N4O6S. The SMILES string of the molecule is COCCOCCOCCOCCOc1cccc(-c2nnc(NC(=O)Nc3ccc(CC(C)C)cc3)s2)c1. The van der Waals surface area contributed by atoms with Crippen molar-refractivity contribution in [2.24, 2.45) is 5.92 Å². The zero-order valence-electron chi connectivity index (χ0n) is 22.8. The molecule has 2 N–H and O–H groups in total. The van der Waals surface area contributed by atoms with Gasteiger partial charge in [-0.2, -0.15) is 0 Å². The van der Waals surface area contributed by atoms with E-state index in [1.165, 1.54) is 16.9 Å². The Hall–Kier alpha value is -3.09. The maximum Gasteiger partial charge on any atom is 0.325 e. The first-order valence-electron chi connectivity index (χ1n) is 13.0. The van der Waals surface area contributed by atoms with Crippen LogP contribution in [0, 0.1) is 5.92 Å². The standard InChI is InChI=1S/C28H38N4O6S/c1-21(2)19-22-7-9-24(10-8-22)29-27(33)30-28-32-31-26(39-28)23-5-4-6-25(20-23)38-18-17-37-16-15-36-14-13-35-12-11-34-3/h4-10,20-21H,11-19H2,1-3H3,(H2,29,30,32,33). The highest BCUT2D eigenvalue weighted by molar-refractivity contribution is 7.18. The lowest BCUT2D eigenvalue weighted by atomic mass is 10.0. The molecule has 0 spiro atoms. The van der Waals surface area contributed by atoms with Gasteiger partial charge in [-0.25, -0.2) is 4.79 Å². The number of hydrogen-bond donors (Lipinski definition) is 2. The van der Waals surface area contributed by atoms with E-state index in [1.54, 1.807) is 7.11 Å². The van der Waals surface area contributed by atoms with E-state index >= 15 is 0 Å². The number of nitrogens with zero attached hydrogens (tertiary/aromatic N) is 2. The fraction of sp³-hybridized carbons (Fsp3) is 0.464. The van der Waals surface area contributed by atoms with Crippen LogP contribution >= 0.6 is 11.3 Å². The van der Waals surface area contributed by atoms with E-state index in [0.29, 0.717) is 74.7 Å². The van der Waals surface area contributed by atoms with Gasteiger partial charge in [-0.15, -0.1) is 10.2 Å². The molecule has 3 aromatic rings. The van der Waals surface area contributed by atoms with Gasteiger partial charge in [0.2, 0.25) is 5.13 Å². The number of amides is 2. The Labute approximate surface area is 234 Å². The molecule has 0 aliphatic carbocycles. The number of hydrogen-bond acceptors (Lipinski definition) is 9. The molecule has 1 aromatic heterocycles. The lowest BCUT2D eigenvalue weighted by molar-refractivity contribution is 0.000165. The van der Waals surface area contributed by atoms with Gasteiger partial charge in [0.05, 0.1) is 46.2 Å². The number of carbonyl (C=O) groups is 1. The van der Waals surface area contributed by atoms with E-state index in [-0.39, 0.29) is 6.03 Å². The van der Waals surface area contributed by atoms with Crippen molar-refractivity contribution in [2.45, 2.75) is 20.3 Å². The lowest BCUT2D eigenvalue weighted by Crippen LogP contribution is -2.19. The molecular weight excluding hydrogens is 520 g/mol. The first-order valence-corrected chi connectivity index (χ1v) is 13.8. The number of anilines is 2. The number of carbonyl (C=O) groups excluding carboxylic acids is 1. The second-order valence-corrected chi connectivity index (χ2v) is 9.97.